The van der Waals surface area contributed by atoms with Crippen LogP contribution in [0.5, 0.6) is 0 Å². The lowest BCUT2D eigenvalue weighted by atomic mass is 10.1. The monoisotopic (exact) mass is 830 g/mol. The highest BCUT2D eigenvalue weighted by Crippen LogP contribution is 2.20. The summed E-state index contributed by atoms with van der Waals surface area (Å²) in [6.45, 7) is 10.6. The molecule has 2 heterocycles. The van der Waals surface area contributed by atoms with E-state index in [1.165, 1.54) is 14.7 Å². The van der Waals surface area contributed by atoms with Crippen molar-refractivity contribution < 1.29 is 57.3 Å². The summed E-state index contributed by atoms with van der Waals surface area (Å²) in [4.78, 5) is 103. The first-order valence-electron chi connectivity index (χ1n) is 20.1. The Kier molecular flexibility index (Phi) is 26.2. The average Bonchev–Trinajstić information content (AvgIpc) is 3.56. The van der Waals surface area contributed by atoms with E-state index >= 15 is 0 Å². The average molecular weight is 831 g/mol. The minimum absolute atomic E-state index is 0. The van der Waals surface area contributed by atoms with Gasteiger partial charge in [-0.25, -0.2) is 9.59 Å². The Labute approximate surface area is 343 Å². The third-order valence-electron chi connectivity index (χ3n) is 9.48. The van der Waals surface area contributed by atoms with Crippen LogP contribution in [0.3, 0.4) is 0 Å². The van der Waals surface area contributed by atoms with Gasteiger partial charge in [0.05, 0.1) is 26.4 Å². The summed E-state index contributed by atoms with van der Waals surface area (Å²) in [5, 5.41) is 5.60. The summed E-state index contributed by atoms with van der Waals surface area (Å²) in [5.41, 5.74) is 0. The van der Waals surface area contributed by atoms with Crippen molar-refractivity contribution in [2.24, 2.45) is 11.8 Å². The maximum Gasteiger partial charge on any atom is 0.409 e. The van der Waals surface area contributed by atoms with Crippen molar-refractivity contribution in [1.82, 2.24) is 30.2 Å². The smallest absolute Gasteiger partial charge is 0.409 e. The van der Waals surface area contributed by atoms with Crippen molar-refractivity contribution in [2.45, 2.75) is 91.9 Å². The molecule has 0 aromatic carbocycles. The van der Waals surface area contributed by atoms with Crippen LogP contribution in [0.4, 0.5) is 9.59 Å². The summed E-state index contributed by atoms with van der Waals surface area (Å²) in [6.07, 6.45) is 3.73. The van der Waals surface area contributed by atoms with Gasteiger partial charge >= 0.3 is 12.2 Å². The van der Waals surface area contributed by atoms with Gasteiger partial charge in [-0.1, -0.05) is 26.7 Å². The number of rotatable bonds is 29. The topological polar surface area (TPSA) is 210 Å². The predicted molar refractivity (Wildman–Crippen MR) is 213 cm³/mol. The van der Waals surface area contributed by atoms with E-state index in [0.717, 1.165) is 0 Å². The number of carbonyl (C=O) groups excluding carboxylic acids is 8. The first-order chi connectivity index (χ1) is 26.9. The Morgan fingerprint density at radius 3 is 1.35 bits per heavy atom. The molecule has 2 saturated heterocycles. The van der Waals surface area contributed by atoms with E-state index in [2.05, 4.69) is 10.6 Å². The van der Waals surface area contributed by atoms with Crippen LogP contribution in [0, 0.1) is 11.8 Å². The van der Waals surface area contributed by atoms with Gasteiger partial charge < -0.3 is 39.4 Å². The molecule has 0 aliphatic carbocycles. The molecule has 19 heteroatoms. The van der Waals surface area contributed by atoms with E-state index in [0.29, 0.717) is 64.7 Å². The maximum absolute atomic E-state index is 12.9. The number of amides is 8. The molecular weight excluding hydrogens is 765 g/mol. The number of carbonyl (C=O) groups is 8. The fraction of sp³-hybridized carbons (Fsp3) is 0.789. The van der Waals surface area contributed by atoms with Crippen LogP contribution >= 0.6 is 13.5 Å². The van der Waals surface area contributed by atoms with Gasteiger partial charge in [0.15, 0.2) is 0 Å². The molecule has 2 unspecified atom stereocenters. The maximum atomic E-state index is 12.9. The van der Waals surface area contributed by atoms with Crippen LogP contribution in [0.1, 0.15) is 91.9 Å². The summed E-state index contributed by atoms with van der Waals surface area (Å²) in [7, 11) is 0. The molecule has 0 bridgehead atoms. The van der Waals surface area contributed by atoms with Gasteiger partial charge in [0.25, 0.3) is 0 Å². The molecule has 2 aliphatic rings. The molecule has 0 aromatic rings. The summed E-state index contributed by atoms with van der Waals surface area (Å²) >= 11 is 0. The minimum Gasteiger partial charge on any atom is -0.447 e. The molecule has 0 spiro atoms. The normalized spacial score (nSPS) is 16.4. The number of imide groups is 2. The van der Waals surface area contributed by atoms with Crippen molar-refractivity contribution in [3.63, 3.8) is 0 Å². The highest BCUT2D eigenvalue weighted by molar-refractivity contribution is 7.59. The van der Waals surface area contributed by atoms with Gasteiger partial charge in [-0.05, 0) is 39.5 Å². The van der Waals surface area contributed by atoms with Crippen LogP contribution in [0.25, 0.3) is 0 Å². The van der Waals surface area contributed by atoms with Crippen molar-refractivity contribution in [1.29, 1.82) is 0 Å². The number of likely N-dealkylation sites (tertiary alicyclic amines) is 2. The van der Waals surface area contributed by atoms with E-state index in [1.54, 1.807) is 18.7 Å². The molecule has 2 atom stereocenters. The number of nitrogens with one attached hydrogen (secondary N) is 2. The zero-order valence-electron chi connectivity index (χ0n) is 34.3. The molecule has 57 heavy (non-hydrogen) atoms. The van der Waals surface area contributed by atoms with E-state index < -0.39 is 6.09 Å². The molecular formula is C38H66N6O12S. The third-order valence-corrected chi connectivity index (χ3v) is 9.48. The van der Waals surface area contributed by atoms with Crippen molar-refractivity contribution in [2.75, 3.05) is 92.0 Å². The Bertz CT molecular complexity index is 1230. The second-order valence-electron chi connectivity index (χ2n) is 13.9. The molecule has 2 N–H and O–H groups in total. The van der Waals surface area contributed by atoms with Crippen LogP contribution < -0.4 is 10.6 Å². The molecule has 326 valence electrons. The number of unbranched alkanes of at least 4 members (excludes halogenated alkanes) is 4. The van der Waals surface area contributed by atoms with Crippen molar-refractivity contribution in [3.05, 3.63) is 0 Å². The fourth-order valence-corrected chi connectivity index (χ4v) is 6.12. The zero-order chi connectivity index (χ0) is 41.3. The largest absolute Gasteiger partial charge is 0.447 e. The predicted octanol–water partition coefficient (Wildman–Crippen LogP) is 2.19. The van der Waals surface area contributed by atoms with E-state index in [9.17, 15) is 38.4 Å². The molecule has 2 aliphatic heterocycles. The van der Waals surface area contributed by atoms with Gasteiger partial charge in [-0.3, -0.25) is 38.6 Å². The highest BCUT2D eigenvalue weighted by Gasteiger charge is 2.35. The molecule has 0 saturated carbocycles. The Hall–Kier alpha value is -3.97. The lowest BCUT2D eigenvalue weighted by molar-refractivity contribution is -0.140. The fourth-order valence-electron chi connectivity index (χ4n) is 6.12. The first-order valence-corrected chi connectivity index (χ1v) is 20.1. The molecule has 0 aromatic heterocycles. The molecule has 18 nitrogen and oxygen atoms in total. The first kappa shape index (κ1) is 51.0. The SMILES string of the molecule is CCN(CC)C(=O)OCCOCCOCCOC(=O)N(CCNC(=O)CCCCCN1C(=O)CC(C)C1=O)CCNC(=O)CCCCCN1C(=O)CC(C)C1=O.S. The van der Waals surface area contributed by atoms with E-state index in [4.69, 9.17) is 18.9 Å². The van der Waals surface area contributed by atoms with Crippen LogP contribution in [-0.4, -0.2) is 159 Å². The third kappa shape index (κ3) is 19.8. The quantitative estimate of drug-likeness (QED) is 0.0822. The summed E-state index contributed by atoms with van der Waals surface area (Å²) < 4.78 is 21.4. The zero-order valence-corrected chi connectivity index (χ0v) is 35.3. The van der Waals surface area contributed by atoms with E-state index in [1.807, 2.05) is 13.8 Å². The van der Waals surface area contributed by atoms with Gasteiger partial charge in [0.1, 0.15) is 13.2 Å². The number of nitrogens with zero attached hydrogens (tertiary/aromatic N) is 4. The van der Waals surface area contributed by atoms with Crippen molar-refractivity contribution >= 4 is 61.1 Å². The summed E-state index contributed by atoms with van der Waals surface area (Å²) in [5.74, 6) is -1.53. The highest BCUT2D eigenvalue weighted by atomic mass is 32.1. The van der Waals surface area contributed by atoms with Gasteiger partial charge in [-0.15, -0.1) is 0 Å². The number of ether oxygens (including phenoxy) is 4. The van der Waals surface area contributed by atoms with Crippen LogP contribution in [0.2, 0.25) is 0 Å². The Morgan fingerprint density at radius 1 is 0.596 bits per heavy atom. The lowest BCUT2D eigenvalue weighted by Crippen LogP contribution is -2.43. The second-order valence-corrected chi connectivity index (χ2v) is 13.9. The number of hydrogen-bond acceptors (Lipinski definition) is 12. The molecule has 8 amide bonds. The van der Waals surface area contributed by atoms with Crippen molar-refractivity contribution in [3.8, 4) is 0 Å². The van der Waals surface area contributed by atoms with Crippen LogP contribution in [-0.2, 0) is 47.7 Å². The molecule has 2 rings (SSSR count). The molecule has 0 radical (unpaired) electrons. The minimum atomic E-state index is -0.635. The lowest BCUT2D eigenvalue weighted by Gasteiger charge is -2.22. The molecule has 2 fully saturated rings. The summed E-state index contributed by atoms with van der Waals surface area (Å²) in [6, 6.07) is 0. The number of hydrogen-bond donors (Lipinski definition) is 2. The van der Waals surface area contributed by atoms with Gasteiger partial charge in [0.2, 0.25) is 35.4 Å². The van der Waals surface area contributed by atoms with Gasteiger partial charge in [0, 0.05) is 89.9 Å². The second kappa shape index (κ2) is 29.3. The van der Waals surface area contributed by atoms with Crippen LogP contribution in [0.15, 0.2) is 0 Å². The van der Waals surface area contributed by atoms with E-state index in [-0.39, 0.29) is 158 Å². The Balaban J connectivity index is 0.0000162. The van der Waals surface area contributed by atoms with Gasteiger partial charge in [-0.2, -0.15) is 13.5 Å². The standard InChI is InChI=1S/C38H64N6O12.H2S/c1-5-41(6-2)37(51)55-25-23-53-21-22-54-24-26-56-38(52)42(19-15-39-31(45)13-9-7-11-17-43-33(47)27-29(3)35(43)49)20-16-40-32(46)14-10-8-12-18-44-34(48)28-30(4)36(44)50;/h29-30H,5-28H2,1-4H3,(H,39,45)(H,40,46);1H2. The Morgan fingerprint density at radius 2 is 0.982 bits per heavy atom.